The molecule has 0 bridgehead atoms. The number of ether oxygens (including phenoxy) is 2. The zero-order valence-electron chi connectivity index (χ0n) is 17.2. The second-order valence-electron chi connectivity index (χ2n) is 7.45. The highest BCUT2D eigenvalue weighted by Crippen LogP contribution is 2.40. The number of carboxylic acids is 2. The fourth-order valence-corrected chi connectivity index (χ4v) is 3.23. The van der Waals surface area contributed by atoms with Crippen LogP contribution in [0, 0.1) is 5.41 Å². The topological polar surface area (TPSA) is 134 Å². The van der Waals surface area contributed by atoms with E-state index >= 15 is 0 Å². The average Bonchev–Trinajstić information content (AvgIpc) is 2.52. The SMILES string of the molecule is C=C(C)COC(C(C)O)C(CCCC(=O)O)(C(=O)O)C(OCC(=C)C)C(C)O. The third kappa shape index (κ3) is 7.71. The summed E-state index contributed by atoms with van der Waals surface area (Å²) in [6.07, 6.45) is -5.42. The van der Waals surface area contributed by atoms with Gasteiger partial charge in [0.25, 0.3) is 0 Å². The molecular formula is C20H34O8. The van der Waals surface area contributed by atoms with Gasteiger partial charge in [0, 0.05) is 6.42 Å². The van der Waals surface area contributed by atoms with E-state index in [9.17, 15) is 24.9 Å². The van der Waals surface area contributed by atoms with Gasteiger partial charge in [-0.3, -0.25) is 9.59 Å². The average molecular weight is 402 g/mol. The molecule has 4 atom stereocenters. The number of aliphatic carboxylic acids is 2. The largest absolute Gasteiger partial charge is 0.481 e. The molecule has 0 saturated heterocycles. The highest BCUT2D eigenvalue weighted by atomic mass is 16.5. The van der Waals surface area contributed by atoms with Gasteiger partial charge >= 0.3 is 11.9 Å². The lowest BCUT2D eigenvalue weighted by Crippen LogP contribution is -2.60. The molecule has 0 saturated carbocycles. The van der Waals surface area contributed by atoms with Crippen LogP contribution in [-0.2, 0) is 19.1 Å². The van der Waals surface area contributed by atoms with Crippen molar-refractivity contribution >= 4 is 11.9 Å². The first kappa shape index (κ1) is 26.3. The quantitative estimate of drug-likeness (QED) is 0.306. The maximum absolute atomic E-state index is 12.5. The Bertz CT molecular complexity index is 522. The first-order valence-corrected chi connectivity index (χ1v) is 9.19. The van der Waals surface area contributed by atoms with E-state index in [1.165, 1.54) is 13.8 Å². The van der Waals surface area contributed by atoms with Crippen molar-refractivity contribution in [2.45, 2.75) is 71.4 Å². The van der Waals surface area contributed by atoms with E-state index in [4.69, 9.17) is 14.6 Å². The minimum absolute atomic E-state index is 0.000929. The molecule has 0 fully saturated rings. The predicted molar refractivity (Wildman–Crippen MR) is 104 cm³/mol. The normalized spacial score (nSPS) is 17.8. The molecule has 0 aliphatic rings. The number of rotatable bonds is 15. The summed E-state index contributed by atoms with van der Waals surface area (Å²) < 4.78 is 11.4. The molecule has 4 N–H and O–H groups in total. The lowest BCUT2D eigenvalue weighted by Gasteiger charge is -2.44. The molecule has 0 aromatic heterocycles. The van der Waals surface area contributed by atoms with Gasteiger partial charge < -0.3 is 29.9 Å². The van der Waals surface area contributed by atoms with Gasteiger partial charge in [0.2, 0.25) is 0 Å². The van der Waals surface area contributed by atoms with Crippen molar-refractivity contribution in [1.82, 2.24) is 0 Å². The summed E-state index contributed by atoms with van der Waals surface area (Å²) >= 11 is 0. The minimum Gasteiger partial charge on any atom is -0.481 e. The zero-order valence-corrected chi connectivity index (χ0v) is 17.2. The molecule has 28 heavy (non-hydrogen) atoms. The Morgan fingerprint density at radius 3 is 1.57 bits per heavy atom. The van der Waals surface area contributed by atoms with Crippen LogP contribution in [0.3, 0.4) is 0 Å². The van der Waals surface area contributed by atoms with Crippen molar-refractivity contribution in [2.75, 3.05) is 13.2 Å². The maximum atomic E-state index is 12.5. The Morgan fingerprint density at radius 1 is 0.929 bits per heavy atom. The maximum Gasteiger partial charge on any atom is 0.315 e. The number of hydrogen-bond acceptors (Lipinski definition) is 6. The van der Waals surface area contributed by atoms with Crippen LogP contribution in [0.4, 0.5) is 0 Å². The number of aliphatic hydroxyl groups is 2. The molecule has 8 heteroatoms. The summed E-state index contributed by atoms with van der Waals surface area (Å²) in [6.45, 7) is 13.6. The van der Waals surface area contributed by atoms with E-state index in [2.05, 4.69) is 13.2 Å². The van der Waals surface area contributed by atoms with Gasteiger partial charge in [0.05, 0.1) is 25.4 Å². The third-order valence-corrected chi connectivity index (χ3v) is 4.29. The number of aliphatic hydroxyl groups excluding tert-OH is 2. The van der Waals surface area contributed by atoms with E-state index in [0.717, 1.165) is 0 Å². The number of carbonyl (C=O) groups is 2. The molecule has 0 spiro atoms. The molecule has 0 amide bonds. The van der Waals surface area contributed by atoms with E-state index in [0.29, 0.717) is 11.1 Å². The van der Waals surface area contributed by atoms with Crippen molar-refractivity contribution in [3.05, 3.63) is 24.3 Å². The van der Waals surface area contributed by atoms with Crippen LogP contribution in [0.1, 0.15) is 47.0 Å². The molecule has 162 valence electrons. The van der Waals surface area contributed by atoms with Gasteiger partial charge in [-0.25, -0.2) is 0 Å². The lowest BCUT2D eigenvalue weighted by atomic mass is 9.69. The Hall–Kier alpha value is -1.74. The van der Waals surface area contributed by atoms with Gasteiger partial charge in [0.15, 0.2) is 0 Å². The first-order chi connectivity index (χ1) is 12.9. The highest BCUT2D eigenvalue weighted by Gasteiger charge is 2.56. The molecule has 0 radical (unpaired) electrons. The van der Waals surface area contributed by atoms with Crippen molar-refractivity contribution in [2.24, 2.45) is 5.41 Å². The van der Waals surface area contributed by atoms with E-state index in [1.807, 2.05) is 0 Å². The lowest BCUT2D eigenvalue weighted by molar-refractivity contribution is -0.205. The summed E-state index contributed by atoms with van der Waals surface area (Å²) in [6, 6.07) is 0. The van der Waals surface area contributed by atoms with Crippen LogP contribution < -0.4 is 0 Å². The molecule has 0 aromatic rings. The van der Waals surface area contributed by atoms with Gasteiger partial charge in [-0.1, -0.05) is 24.3 Å². The Kier molecular flexibility index (Phi) is 11.2. The van der Waals surface area contributed by atoms with Gasteiger partial charge in [0.1, 0.15) is 17.6 Å². The molecule has 4 unspecified atom stereocenters. The van der Waals surface area contributed by atoms with Crippen LogP contribution in [0.2, 0.25) is 0 Å². The van der Waals surface area contributed by atoms with Gasteiger partial charge in [-0.05, 0) is 40.5 Å². The summed E-state index contributed by atoms with van der Waals surface area (Å²) in [4.78, 5) is 23.5. The molecule has 0 aliphatic heterocycles. The van der Waals surface area contributed by atoms with Crippen LogP contribution in [-0.4, -0.2) is 70.0 Å². The highest BCUT2D eigenvalue weighted by molar-refractivity contribution is 5.77. The monoisotopic (exact) mass is 402 g/mol. The van der Waals surface area contributed by atoms with Gasteiger partial charge in [-0.15, -0.1) is 0 Å². The summed E-state index contributed by atoms with van der Waals surface area (Å²) in [5, 5.41) is 39.8. The third-order valence-electron chi connectivity index (χ3n) is 4.29. The number of carboxylic acid groups (broad SMARTS) is 2. The van der Waals surface area contributed by atoms with Crippen molar-refractivity contribution in [1.29, 1.82) is 0 Å². The Morgan fingerprint density at radius 2 is 1.32 bits per heavy atom. The molecule has 8 nitrogen and oxygen atoms in total. The van der Waals surface area contributed by atoms with E-state index < -0.39 is 41.8 Å². The van der Waals surface area contributed by atoms with Crippen molar-refractivity contribution in [3.8, 4) is 0 Å². The van der Waals surface area contributed by atoms with Crippen molar-refractivity contribution in [3.63, 3.8) is 0 Å². The second-order valence-corrected chi connectivity index (χ2v) is 7.45. The fraction of sp³-hybridized carbons (Fsp3) is 0.700. The summed E-state index contributed by atoms with van der Waals surface area (Å²) in [7, 11) is 0. The minimum atomic E-state index is -1.89. The predicted octanol–water partition coefficient (Wildman–Crippen LogP) is 2.00. The molecule has 0 aromatic carbocycles. The smallest absolute Gasteiger partial charge is 0.315 e. The molecule has 0 heterocycles. The van der Waals surface area contributed by atoms with Gasteiger partial charge in [-0.2, -0.15) is 0 Å². The van der Waals surface area contributed by atoms with Crippen LogP contribution >= 0.6 is 0 Å². The zero-order chi connectivity index (χ0) is 22.1. The van der Waals surface area contributed by atoms with Crippen LogP contribution in [0.25, 0.3) is 0 Å². The standard InChI is InChI=1S/C20H34O8/c1-12(2)10-27-17(14(5)21)20(19(25)26,9-7-8-16(23)24)18(15(6)22)28-11-13(3)4/h14-15,17-18,21-22H,1,3,7-11H2,2,4-6H3,(H,23,24)(H,25,26). The fourth-order valence-electron chi connectivity index (χ4n) is 3.23. The molecular weight excluding hydrogens is 368 g/mol. The molecule has 0 rings (SSSR count). The van der Waals surface area contributed by atoms with E-state index in [1.54, 1.807) is 13.8 Å². The second kappa shape index (κ2) is 12.0. The van der Waals surface area contributed by atoms with Crippen LogP contribution in [0.15, 0.2) is 24.3 Å². The number of hydrogen-bond donors (Lipinski definition) is 4. The summed E-state index contributed by atoms with van der Waals surface area (Å²) in [5.41, 5.74) is -0.651. The Balaban J connectivity index is 6.26. The van der Waals surface area contributed by atoms with E-state index in [-0.39, 0.29) is 32.5 Å². The Labute approximate surface area is 166 Å². The van der Waals surface area contributed by atoms with Crippen molar-refractivity contribution < 1.29 is 39.5 Å². The first-order valence-electron chi connectivity index (χ1n) is 9.19. The summed E-state index contributed by atoms with van der Waals surface area (Å²) in [5.74, 6) is -2.43. The van der Waals surface area contributed by atoms with Crippen LogP contribution in [0.5, 0.6) is 0 Å². The molecule has 0 aliphatic carbocycles.